The number of hydrogen-bond acceptors (Lipinski definition) is 4. The second-order valence-corrected chi connectivity index (χ2v) is 10.2. The number of fused-ring (bicyclic) bond motifs is 2. The summed E-state index contributed by atoms with van der Waals surface area (Å²) in [5.74, 6) is -3.40. The second-order valence-electron chi connectivity index (χ2n) is 10.2. The Labute approximate surface area is 278 Å². The summed E-state index contributed by atoms with van der Waals surface area (Å²) < 4.78 is 94.1. The summed E-state index contributed by atoms with van der Waals surface area (Å²) in [6.07, 6.45) is -7.60. The van der Waals surface area contributed by atoms with Gasteiger partial charge in [-0.3, -0.25) is 0 Å². The van der Waals surface area contributed by atoms with E-state index in [1.807, 2.05) is 0 Å². The minimum Gasteiger partial charge on any atom is -0.238 e. The van der Waals surface area contributed by atoms with Crippen LogP contribution in [0.4, 0.5) is 37.7 Å². The topological polar surface area (TPSA) is 113 Å². The lowest BCUT2D eigenvalue weighted by molar-refractivity contribution is 0.146. The van der Waals surface area contributed by atoms with Crippen molar-refractivity contribution in [3.05, 3.63) is 149 Å². The molecule has 0 saturated carbocycles. The van der Waals surface area contributed by atoms with Gasteiger partial charge >= 0.3 is 0 Å². The van der Waals surface area contributed by atoms with E-state index < -0.39 is 91.6 Å². The lowest BCUT2D eigenvalue weighted by atomic mass is 9.82. The zero-order valence-corrected chi connectivity index (χ0v) is 24.5. The minimum absolute atomic E-state index is 0.216. The Bertz CT molecular complexity index is 2370. The maximum Gasteiger partial charge on any atom is 0.264 e. The first-order valence-corrected chi connectivity index (χ1v) is 13.5. The van der Waals surface area contributed by atoms with Gasteiger partial charge in [0.1, 0.15) is 18.0 Å². The van der Waals surface area contributed by atoms with Crippen LogP contribution in [-0.2, 0) is 0 Å². The molecule has 0 radical (unpaired) electrons. The highest BCUT2D eigenvalue weighted by atomic mass is 19.3. The Morgan fingerprint density at radius 1 is 0.600 bits per heavy atom. The summed E-state index contributed by atoms with van der Waals surface area (Å²) in [4.78, 5) is 12.5. The molecule has 50 heavy (non-hydrogen) atoms. The van der Waals surface area contributed by atoms with Gasteiger partial charge in [-0.2, -0.15) is 21.0 Å². The summed E-state index contributed by atoms with van der Waals surface area (Å²) in [5.41, 5.74) is -15.4. The van der Waals surface area contributed by atoms with Crippen LogP contribution in [-0.4, -0.2) is 0 Å². The quantitative estimate of drug-likeness (QED) is 0.157. The predicted molar refractivity (Wildman–Crippen MR) is 165 cm³/mol. The van der Waals surface area contributed by atoms with Crippen LogP contribution in [0.5, 0.6) is 0 Å². The zero-order valence-electron chi connectivity index (χ0n) is 24.5. The van der Waals surface area contributed by atoms with Gasteiger partial charge in [0.2, 0.25) is 11.4 Å². The molecule has 3 aromatic rings. The molecule has 0 spiro atoms. The van der Waals surface area contributed by atoms with Gasteiger partial charge in [-0.05, 0) is 46.5 Å². The number of alkyl halides is 4. The van der Waals surface area contributed by atoms with E-state index in [0.29, 0.717) is 0 Å². The van der Waals surface area contributed by atoms with Gasteiger partial charge in [0.25, 0.3) is 12.9 Å². The first-order valence-electron chi connectivity index (χ1n) is 13.5. The molecule has 8 nitrogen and oxygen atoms in total. The molecule has 0 N–H and O–H groups in total. The normalized spacial score (nSPS) is 14.7. The van der Waals surface area contributed by atoms with Crippen molar-refractivity contribution in [2.75, 3.05) is 0 Å². The average Bonchev–Trinajstić information content (AvgIpc) is 3.56. The lowest BCUT2D eigenvalue weighted by Gasteiger charge is -2.22. The molecule has 234 valence electrons. The van der Waals surface area contributed by atoms with Gasteiger partial charge in [0.15, 0.2) is 17.2 Å². The van der Waals surface area contributed by atoms with E-state index >= 15 is 26.3 Å². The number of benzene rings is 3. The summed E-state index contributed by atoms with van der Waals surface area (Å²) in [7, 11) is 0. The van der Waals surface area contributed by atoms with E-state index in [2.05, 4.69) is 19.4 Å². The van der Waals surface area contributed by atoms with Crippen molar-refractivity contribution < 1.29 is 26.3 Å². The molecule has 0 bridgehead atoms. The summed E-state index contributed by atoms with van der Waals surface area (Å²) in [5, 5.41) is 39.1. The monoisotopic (exact) mass is 666 g/mol. The zero-order chi connectivity index (χ0) is 36.6. The van der Waals surface area contributed by atoms with Gasteiger partial charge < -0.3 is 0 Å². The third-order valence-electron chi connectivity index (χ3n) is 7.72. The molecule has 0 fully saturated rings. The van der Waals surface area contributed by atoms with Crippen LogP contribution in [0.15, 0.2) is 48.1 Å². The van der Waals surface area contributed by atoms with Crippen molar-refractivity contribution in [2.24, 2.45) is 0 Å². The van der Waals surface area contributed by atoms with Crippen molar-refractivity contribution in [1.82, 2.24) is 0 Å². The summed E-state index contributed by atoms with van der Waals surface area (Å²) in [6, 6.07) is 12.6. The predicted octanol–water partition coefficient (Wildman–Crippen LogP) is 10.4. The number of allylic oxidation sites excluding steroid dienone is 6. The average molecular weight is 667 g/mol. The van der Waals surface area contributed by atoms with Gasteiger partial charge in [-0.25, -0.2) is 45.7 Å². The Balaban J connectivity index is 2.12. The van der Waals surface area contributed by atoms with E-state index in [-0.39, 0.29) is 33.6 Å². The van der Waals surface area contributed by atoms with Crippen molar-refractivity contribution in [3.8, 4) is 24.3 Å². The molecule has 3 aromatic carbocycles. The van der Waals surface area contributed by atoms with E-state index in [0.717, 1.165) is 36.4 Å². The molecule has 0 atom stereocenters. The van der Waals surface area contributed by atoms with E-state index in [9.17, 15) is 21.0 Å². The van der Waals surface area contributed by atoms with Gasteiger partial charge in [0.05, 0.1) is 49.6 Å². The number of nitrogens with zero attached hydrogens (tertiary/aromatic N) is 8. The smallest absolute Gasteiger partial charge is 0.238 e. The fourth-order valence-electron chi connectivity index (χ4n) is 5.89. The van der Waals surface area contributed by atoms with E-state index in [4.69, 9.17) is 26.3 Å². The second kappa shape index (κ2) is 12.7. The fourth-order valence-corrected chi connectivity index (χ4v) is 5.89. The third-order valence-corrected chi connectivity index (χ3v) is 7.72. The fraction of sp³-hybridized carbons (Fsp3) is 0.0556. The van der Waals surface area contributed by atoms with Crippen LogP contribution in [0, 0.1) is 71.6 Å². The van der Waals surface area contributed by atoms with Gasteiger partial charge in [-0.1, -0.05) is 12.1 Å². The van der Waals surface area contributed by atoms with Crippen molar-refractivity contribution in [1.29, 1.82) is 21.0 Å². The Hall–Kier alpha value is -7.88. The van der Waals surface area contributed by atoms with Crippen LogP contribution >= 0.6 is 0 Å². The van der Waals surface area contributed by atoms with E-state index in [1.54, 1.807) is 18.2 Å². The minimum atomic E-state index is -3.82. The molecule has 14 heteroatoms. The molecule has 2 aliphatic rings. The van der Waals surface area contributed by atoms with Crippen LogP contribution in [0.25, 0.3) is 53.1 Å². The molecule has 0 amide bonds. The molecule has 0 unspecified atom stereocenters. The maximum absolute atomic E-state index is 16.4. The number of halogens is 6. The molecular weight excluding hydrogens is 658 g/mol. The van der Waals surface area contributed by atoms with Crippen LogP contribution in [0.1, 0.15) is 68.5 Å². The highest BCUT2D eigenvalue weighted by molar-refractivity contribution is 6.19. The van der Waals surface area contributed by atoms with Crippen molar-refractivity contribution in [3.63, 3.8) is 0 Å². The van der Waals surface area contributed by atoms with Crippen molar-refractivity contribution in [2.45, 2.75) is 12.9 Å². The molecule has 2 aliphatic carbocycles. The molecular formula is C36H8F6N8. The number of rotatable bonds is 4. The van der Waals surface area contributed by atoms with Crippen LogP contribution in [0.2, 0.25) is 0 Å². The van der Waals surface area contributed by atoms with Gasteiger partial charge in [-0.15, -0.1) is 0 Å². The molecule has 0 saturated heterocycles. The third kappa shape index (κ3) is 4.88. The maximum atomic E-state index is 16.4. The first kappa shape index (κ1) is 33.5. The summed E-state index contributed by atoms with van der Waals surface area (Å²) >= 11 is 0. The highest BCUT2D eigenvalue weighted by Gasteiger charge is 2.46. The SMILES string of the molecule is [C-]#[N+]C1=C(F)/C(=C(\[N+]#[C-])c2cc(C#N)cc([N+]#[C-])c2)c2c1c(C(F)F)c1c(c2C(F)F)/C(=C(/C#N)c2cc(C#N)cc([N+]#[C-])c2)C(F)=C1C#N. The highest BCUT2D eigenvalue weighted by Crippen LogP contribution is 2.60. The largest absolute Gasteiger partial charge is 0.264 e. The Kier molecular flexibility index (Phi) is 8.52. The van der Waals surface area contributed by atoms with Gasteiger partial charge in [0, 0.05) is 44.5 Å². The van der Waals surface area contributed by atoms with E-state index in [1.165, 1.54) is 6.07 Å². The number of nitriles is 4. The standard InChI is InChI=1S/C36H8F6N8/c1-47-19-7-15(11-43)5-17(9-19)21(13-45)24-25-23(22(14-46)31(24)37)28(35(39)40)27-26(29(25)36(41)42)30(32(38)34(27)50-4)33(49-3)18-6-16(12-44)8-20(10-18)48-2/h5-10,35-36H/b24-21+,33-30-. The summed E-state index contributed by atoms with van der Waals surface area (Å²) in [6.45, 7) is 30.1. The first-order chi connectivity index (χ1) is 24.0. The van der Waals surface area contributed by atoms with Crippen LogP contribution in [0.3, 0.4) is 0 Å². The molecule has 0 heterocycles. The molecule has 0 aromatic heterocycles. The molecule has 0 aliphatic heterocycles. The Morgan fingerprint density at radius 3 is 1.58 bits per heavy atom. The molecule has 5 rings (SSSR count). The lowest BCUT2D eigenvalue weighted by Crippen LogP contribution is -2.09. The Morgan fingerprint density at radius 2 is 1.12 bits per heavy atom. The van der Waals surface area contributed by atoms with Crippen LogP contribution < -0.4 is 0 Å². The van der Waals surface area contributed by atoms with Crippen molar-refractivity contribution >= 4 is 45.1 Å². The number of hydrogen-bond donors (Lipinski definition) is 0.